The lowest BCUT2D eigenvalue weighted by molar-refractivity contribution is 0.444. The van der Waals surface area contributed by atoms with E-state index >= 15 is 0 Å². The number of nitrogens with zero attached hydrogens (tertiary/aromatic N) is 1. The Hall–Kier alpha value is -2.01. The van der Waals surface area contributed by atoms with Gasteiger partial charge in [0.2, 0.25) is 5.88 Å². The van der Waals surface area contributed by atoms with E-state index < -0.39 is 5.82 Å². The van der Waals surface area contributed by atoms with Crippen molar-refractivity contribution in [2.24, 2.45) is 0 Å². The van der Waals surface area contributed by atoms with Gasteiger partial charge >= 0.3 is 0 Å². The van der Waals surface area contributed by atoms with Crippen LogP contribution >= 0.6 is 0 Å². The molecule has 0 bridgehead atoms. The molecule has 1 aliphatic rings. The molecule has 1 saturated carbocycles. The summed E-state index contributed by atoms with van der Waals surface area (Å²) >= 11 is 0. The molecule has 0 aliphatic heterocycles. The minimum absolute atomic E-state index is 0.296. The molecule has 1 heterocycles. The summed E-state index contributed by atoms with van der Waals surface area (Å²) in [6, 6.07) is 7.67. The predicted molar refractivity (Wildman–Crippen MR) is 70.5 cm³/mol. The van der Waals surface area contributed by atoms with Gasteiger partial charge in [0.05, 0.1) is 6.20 Å². The number of benzene rings is 1. The normalized spacial score (nSPS) is 14.3. The van der Waals surface area contributed by atoms with Crippen LogP contribution in [0.2, 0.25) is 0 Å². The van der Waals surface area contributed by atoms with Crippen LogP contribution in [0.1, 0.15) is 18.4 Å². The summed E-state index contributed by atoms with van der Waals surface area (Å²) in [6.45, 7) is 0.486. The molecule has 3 rings (SSSR count). The molecule has 1 aromatic heterocycles. The van der Waals surface area contributed by atoms with Crippen LogP contribution in [0.15, 0.2) is 36.5 Å². The van der Waals surface area contributed by atoms with Crippen molar-refractivity contribution in [2.45, 2.75) is 25.4 Å². The molecular formula is C15H14F2N2O. The van der Waals surface area contributed by atoms with Gasteiger partial charge in [0.1, 0.15) is 17.4 Å². The van der Waals surface area contributed by atoms with E-state index in [4.69, 9.17) is 4.74 Å². The lowest BCUT2D eigenvalue weighted by Crippen LogP contribution is -2.16. The van der Waals surface area contributed by atoms with Crippen LogP contribution in [-0.4, -0.2) is 11.0 Å². The van der Waals surface area contributed by atoms with E-state index in [0.717, 1.165) is 19.0 Å². The first-order valence-electron chi connectivity index (χ1n) is 6.52. The maximum atomic E-state index is 13.3. The topological polar surface area (TPSA) is 34.1 Å². The molecule has 1 aromatic carbocycles. The first kappa shape index (κ1) is 13.0. The highest BCUT2D eigenvalue weighted by molar-refractivity contribution is 5.32. The number of hydrogen-bond acceptors (Lipinski definition) is 3. The first-order chi connectivity index (χ1) is 9.70. The van der Waals surface area contributed by atoms with Crippen LogP contribution in [0.4, 0.5) is 8.78 Å². The smallest absolute Gasteiger partial charge is 0.223 e. The van der Waals surface area contributed by atoms with Crippen LogP contribution in [0.25, 0.3) is 0 Å². The largest absolute Gasteiger partial charge is 0.439 e. The fourth-order valence-corrected chi connectivity index (χ4v) is 1.87. The highest BCUT2D eigenvalue weighted by atomic mass is 19.1. The Morgan fingerprint density at radius 3 is 2.80 bits per heavy atom. The molecule has 104 valence electrons. The molecule has 5 heteroatoms. The van der Waals surface area contributed by atoms with E-state index in [1.807, 2.05) is 0 Å². The molecule has 1 N–H and O–H groups in total. The Labute approximate surface area is 115 Å². The fraction of sp³-hybridized carbons (Fsp3) is 0.267. The van der Waals surface area contributed by atoms with E-state index in [1.165, 1.54) is 18.2 Å². The number of rotatable bonds is 5. The average molecular weight is 276 g/mol. The number of aromatic nitrogens is 1. The van der Waals surface area contributed by atoms with Crippen LogP contribution < -0.4 is 10.1 Å². The summed E-state index contributed by atoms with van der Waals surface area (Å²) in [5.74, 6) is -0.159. The van der Waals surface area contributed by atoms with Crippen molar-refractivity contribution in [3.05, 3.63) is 53.7 Å². The van der Waals surface area contributed by atoms with Crippen molar-refractivity contribution in [1.29, 1.82) is 0 Å². The zero-order chi connectivity index (χ0) is 13.9. The van der Waals surface area contributed by atoms with Crippen LogP contribution in [0.3, 0.4) is 0 Å². The van der Waals surface area contributed by atoms with Gasteiger partial charge in [0, 0.05) is 24.2 Å². The molecule has 0 unspecified atom stereocenters. The van der Waals surface area contributed by atoms with Gasteiger partial charge in [-0.15, -0.1) is 0 Å². The summed E-state index contributed by atoms with van der Waals surface area (Å²) in [5, 5.41) is 3.28. The zero-order valence-electron chi connectivity index (χ0n) is 10.8. The van der Waals surface area contributed by atoms with E-state index in [1.54, 1.807) is 12.1 Å². The van der Waals surface area contributed by atoms with Crippen molar-refractivity contribution in [1.82, 2.24) is 10.3 Å². The Morgan fingerprint density at radius 2 is 2.05 bits per heavy atom. The van der Waals surface area contributed by atoms with Crippen LogP contribution in [0, 0.1) is 11.6 Å². The molecule has 3 nitrogen and oxygen atoms in total. The SMILES string of the molecule is Fc1cccc(Oc2ncc(F)cc2CNC2CC2)c1. The maximum absolute atomic E-state index is 13.3. The van der Waals surface area contributed by atoms with E-state index in [9.17, 15) is 8.78 Å². The van der Waals surface area contributed by atoms with Crippen molar-refractivity contribution < 1.29 is 13.5 Å². The zero-order valence-corrected chi connectivity index (χ0v) is 10.8. The first-order valence-corrected chi connectivity index (χ1v) is 6.52. The van der Waals surface area contributed by atoms with Crippen molar-refractivity contribution in [2.75, 3.05) is 0 Å². The maximum Gasteiger partial charge on any atom is 0.223 e. The van der Waals surface area contributed by atoms with Gasteiger partial charge in [-0.1, -0.05) is 6.07 Å². The third-order valence-corrected chi connectivity index (χ3v) is 3.06. The fourth-order valence-electron chi connectivity index (χ4n) is 1.87. The Bertz CT molecular complexity index is 615. The van der Waals surface area contributed by atoms with Crippen LogP contribution in [0.5, 0.6) is 11.6 Å². The molecule has 2 aromatic rings. The molecule has 0 saturated heterocycles. The molecule has 1 fully saturated rings. The minimum Gasteiger partial charge on any atom is -0.439 e. The monoisotopic (exact) mass is 276 g/mol. The minimum atomic E-state index is -0.413. The Kier molecular flexibility index (Phi) is 3.60. The second-order valence-corrected chi connectivity index (χ2v) is 4.83. The Balaban J connectivity index is 1.79. The number of halogens is 2. The summed E-state index contributed by atoms with van der Waals surface area (Å²) < 4.78 is 31.9. The molecule has 1 aliphatic carbocycles. The average Bonchev–Trinajstić information content (AvgIpc) is 3.23. The molecular weight excluding hydrogens is 262 g/mol. The third-order valence-electron chi connectivity index (χ3n) is 3.06. The van der Waals surface area contributed by atoms with E-state index in [-0.39, 0.29) is 5.82 Å². The summed E-state index contributed by atoms with van der Waals surface area (Å²) in [7, 11) is 0. The summed E-state index contributed by atoms with van der Waals surface area (Å²) in [5.41, 5.74) is 0.626. The van der Waals surface area contributed by atoms with E-state index in [2.05, 4.69) is 10.3 Å². The lowest BCUT2D eigenvalue weighted by Gasteiger charge is -2.10. The second kappa shape index (κ2) is 5.54. The highest BCUT2D eigenvalue weighted by Crippen LogP contribution is 2.25. The van der Waals surface area contributed by atoms with Gasteiger partial charge in [0.15, 0.2) is 0 Å². The summed E-state index contributed by atoms with van der Waals surface area (Å²) in [4.78, 5) is 3.94. The van der Waals surface area contributed by atoms with Gasteiger partial charge < -0.3 is 10.1 Å². The number of nitrogens with one attached hydrogen (secondary N) is 1. The van der Waals surface area contributed by atoms with Crippen molar-refractivity contribution in [3.63, 3.8) is 0 Å². The third kappa shape index (κ3) is 3.30. The van der Waals surface area contributed by atoms with Gasteiger partial charge in [-0.25, -0.2) is 13.8 Å². The molecule has 0 atom stereocenters. The molecule has 0 spiro atoms. The van der Waals surface area contributed by atoms with Crippen molar-refractivity contribution in [3.8, 4) is 11.6 Å². The lowest BCUT2D eigenvalue weighted by atomic mass is 10.2. The van der Waals surface area contributed by atoms with E-state index in [0.29, 0.717) is 29.8 Å². The van der Waals surface area contributed by atoms with Crippen molar-refractivity contribution >= 4 is 0 Å². The van der Waals surface area contributed by atoms with Gasteiger partial charge in [-0.2, -0.15) is 0 Å². The number of ether oxygens (including phenoxy) is 1. The highest BCUT2D eigenvalue weighted by Gasteiger charge is 2.21. The van der Waals surface area contributed by atoms with Gasteiger partial charge in [-0.05, 0) is 31.0 Å². The molecule has 0 amide bonds. The number of pyridine rings is 1. The second-order valence-electron chi connectivity index (χ2n) is 4.83. The number of hydrogen-bond donors (Lipinski definition) is 1. The van der Waals surface area contributed by atoms with Gasteiger partial charge in [0.25, 0.3) is 0 Å². The van der Waals surface area contributed by atoms with Crippen LogP contribution in [-0.2, 0) is 6.54 Å². The quantitative estimate of drug-likeness (QED) is 0.908. The summed E-state index contributed by atoms with van der Waals surface area (Å²) in [6.07, 6.45) is 3.38. The molecule has 20 heavy (non-hydrogen) atoms. The standard InChI is InChI=1S/C15H14F2N2O/c16-11-2-1-3-14(7-11)20-15-10(6-12(17)9-19-15)8-18-13-4-5-13/h1-3,6-7,9,13,18H,4-5,8H2. The Morgan fingerprint density at radius 1 is 1.20 bits per heavy atom. The van der Waals surface area contributed by atoms with Gasteiger partial charge in [-0.3, -0.25) is 0 Å². The predicted octanol–water partition coefficient (Wildman–Crippen LogP) is 3.40. The molecule has 0 radical (unpaired) electrons.